The first kappa shape index (κ1) is 113. The lowest BCUT2D eigenvalue weighted by Gasteiger charge is -2.30. The molecule has 12 aromatic rings. The van der Waals surface area contributed by atoms with Crippen LogP contribution in [0.25, 0.3) is 49.8 Å². The number of likely N-dealkylation sites (N-methyl/N-ethyl adjacent to an activating group) is 2. The van der Waals surface area contributed by atoms with Crippen LogP contribution in [0.3, 0.4) is 0 Å². The molecule has 12 rings (SSSR count). The summed E-state index contributed by atoms with van der Waals surface area (Å²) in [4.78, 5) is 143. The summed E-state index contributed by atoms with van der Waals surface area (Å²) in [6.07, 6.45) is -16.2. The van der Waals surface area contributed by atoms with Gasteiger partial charge < -0.3 is 76.6 Å². The van der Waals surface area contributed by atoms with Crippen molar-refractivity contribution in [2.75, 3.05) is 133 Å². The van der Waals surface area contributed by atoms with Crippen LogP contribution in [0.1, 0.15) is 123 Å². The number of hydrogen-bond acceptors (Lipinski definition) is 21. The SMILES string of the molecule is CCOc1ccc(-n2c(C(CCNC(=O)CN(C)C)CN(CCN)C(=O)Cc3ccc(C(F)(F)F)c(F)c3)nc3ccccc3c2=O)cc1.CCOc1ccc(-n2c(C(CCNC(=O)CN(C)C)CN(CCNC(=O)OC(C)(C)C)C(=O)Cc3ccc(C(F)(F)F)c(F)c3)nc3ccccc3c2=O)cc1.CCOc1ccc(-n2c(C(N)CN(CCN)C(=O)Cc3ccc(C(F)(F)F)c(F)c3)nc3ccccc3c2=O)cc1. The van der Waals surface area contributed by atoms with Gasteiger partial charge in [0.25, 0.3) is 16.7 Å². The summed E-state index contributed by atoms with van der Waals surface area (Å²) in [5.74, 6) is -5.40. The molecule has 9 N–H and O–H groups in total. The van der Waals surface area contributed by atoms with Crippen LogP contribution in [0.4, 0.5) is 57.5 Å². The quantitative estimate of drug-likeness (QED) is 0.0194. The molecule has 9 aromatic carbocycles. The number of nitrogens with one attached hydrogen (secondary N) is 3. The lowest BCUT2D eigenvalue weighted by Crippen LogP contribution is -2.43. The van der Waals surface area contributed by atoms with Crippen molar-refractivity contribution in [1.82, 2.24) is 69.1 Å². The summed E-state index contributed by atoms with van der Waals surface area (Å²) in [5, 5.41) is 9.43. The minimum absolute atomic E-state index is 0.00627. The van der Waals surface area contributed by atoms with Gasteiger partial charge in [0.05, 0.1) is 125 Å². The lowest BCUT2D eigenvalue weighted by molar-refractivity contribution is -0.140. The third kappa shape index (κ3) is 31.7. The van der Waals surface area contributed by atoms with Crippen molar-refractivity contribution in [2.45, 2.75) is 116 Å². The van der Waals surface area contributed by atoms with E-state index in [1.54, 1.807) is 204 Å². The topological polar surface area (TPSA) is 374 Å². The molecule has 0 aliphatic rings. The average molecular weight is 2040 g/mol. The number of alkyl carbamates (subject to hydrolysis) is 1. The standard InChI is InChI=1S/C40H48F4N6O6.C35H40F4N6O4.C29H29F4N5O3/c1-7-55-29-15-13-28(14-16-29)50-36(47-33-11-9-8-10-30(33)37(50)53)27(18-19-45-34(51)25-48(5)6)24-49(21-20-46-38(54)56-39(2,3)4)35(52)23-26-12-17-31(32(41)22-26)40(42,43)44;1-4-49-26-12-10-25(11-13-26)45-33(42-30-8-6-5-7-27(30)34(45)48)24(15-17-41-31(46)22-43(2)3)21-44(18-16-40)32(47)20-23-9-14-28(29(36)19-23)35(37,38)39;1-2-41-20-10-8-19(9-11-20)38-27(36-25-6-4-3-5-21(25)28(38)40)24(35)17-37(14-13-34)26(39)16-18-7-12-22(23(30)15-18)29(31,32)33/h8-17,22,27H,7,18-21,23-25H2,1-6H3,(H,45,51)(H,46,54);5-14,19,24H,4,15-18,20-22,40H2,1-3H3,(H,41,46);3-12,15,24H,2,13-14,16-17,34-35H2,1H3. The zero-order chi connectivity index (χ0) is 107. The highest BCUT2D eigenvalue weighted by molar-refractivity contribution is 5.83. The minimum Gasteiger partial charge on any atom is -0.494 e. The van der Waals surface area contributed by atoms with Crippen LogP contribution in [-0.2, 0) is 66.5 Å². The first-order valence-corrected chi connectivity index (χ1v) is 46.8. The highest BCUT2D eigenvalue weighted by Gasteiger charge is 2.39. The van der Waals surface area contributed by atoms with Crippen LogP contribution in [0.15, 0.2) is 215 Å². The van der Waals surface area contributed by atoms with Gasteiger partial charge in [0, 0.05) is 83.8 Å². The van der Waals surface area contributed by atoms with E-state index >= 15 is 0 Å². The zero-order valence-electron chi connectivity index (χ0n) is 82.1. The second-order valence-electron chi connectivity index (χ2n) is 35.4. The van der Waals surface area contributed by atoms with Gasteiger partial charge in [0.1, 0.15) is 57.8 Å². The fourth-order valence-corrected chi connectivity index (χ4v) is 15.9. The number of amides is 6. The first-order valence-electron chi connectivity index (χ1n) is 46.8. The van der Waals surface area contributed by atoms with E-state index in [1.165, 1.54) is 28.4 Å². The molecule has 0 fully saturated rings. The molecule has 0 bridgehead atoms. The normalized spacial score (nSPS) is 12.3. The number of hydrogen-bond donors (Lipinski definition) is 6. The van der Waals surface area contributed by atoms with Gasteiger partial charge in [-0.05, 0) is 245 Å². The molecule has 3 aromatic heterocycles. The Balaban J connectivity index is 0.000000227. The van der Waals surface area contributed by atoms with Crippen LogP contribution < -0.4 is 64.0 Å². The average Bonchev–Trinajstić information content (AvgIpc) is 0.764. The van der Waals surface area contributed by atoms with E-state index in [2.05, 4.69) is 20.9 Å². The van der Waals surface area contributed by atoms with Gasteiger partial charge in [-0.3, -0.25) is 52.1 Å². The van der Waals surface area contributed by atoms with Gasteiger partial charge in [-0.2, -0.15) is 39.5 Å². The second kappa shape index (κ2) is 51.7. The number of para-hydroxylation sites is 3. The van der Waals surface area contributed by atoms with Gasteiger partial charge in [-0.1, -0.05) is 54.6 Å². The highest BCUT2D eigenvalue weighted by atomic mass is 19.4. The summed E-state index contributed by atoms with van der Waals surface area (Å²) in [5.41, 5.74) is 14.8. The monoisotopic (exact) mass is 2040 g/mol. The van der Waals surface area contributed by atoms with E-state index in [4.69, 9.17) is 46.1 Å². The maximum absolute atomic E-state index is 14.6. The molecule has 3 atom stereocenters. The summed E-state index contributed by atoms with van der Waals surface area (Å²) in [7, 11) is 7.01. The molecule has 0 aliphatic heterocycles. The van der Waals surface area contributed by atoms with Crippen molar-refractivity contribution in [2.24, 2.45) is 17.2 Å². The van der Waals surface area contributed by atoms with Crippen LogP contribution in [0, 0.1) is 17.5 Å². The second-order valence-corrected chi connectivity index (χ2v) is 35.4. The Morgan fingerprint density at radius 1 is 0.397 bits per heavy atom. The summed E-state index contributed by atoms with van der Waals surface area (Å²) in [6, 6.07) is 47.0. The number of ether oxygens (including phenoxy) is 4. The number of alkyl halides is 9. The minimum atomic E-state index is -4.92. The molecule has 146 heavy (non-hydrogen) atoms. The Morgan fingerprint density at radius 2 is 0.699 bits per heavy atom. The molecule has 6 amide bonds. The number of nitrogens with two attached hydrogens (primary N) is 3. The molecule has 0 saturated heterocycles. The largest absolute Gasteiger partial charge is 0.494 e. The maximum Gasteiger partial charge on any atom is 0.419 e. The van der Waals surface area contributed by atoms with Crippen molar-refractivity contribution in [1.29, 1.82) is 0 Å². The highest BCUT2D eigenvalue weighted by Crippen LogP contribution is 2.37. The molecule has 0 radical (unpaired) electrons. The molecule has 780 valence electrons. The maximum atomic E-state index is 14.6. The van der Waals surface area contributed by atoms with Gasteiger partial charge in [0.2, 0.25) is 29.5 Å². The smallest absolute Gasteiger partial charge is 0.419 e. The fraction of sp³-hybridized carbons (Fsp3) is 0.365. The lowest BCUT2D eigenvalue weighted by atomic mass is 10.0. The Morgan fingerprint density at radius 3 is 0.993 bits per heavy atom. The number of rotatable bonds is 41. The zero-order valence-corrected chi connectivity index (χ0v) is 82.1. The van der Waals surface area contributed by atoms with Crippen LogP contribution in [0.2, 0.25) is 0 Å². The third-order valence-corrected chi connectivity index (χ3v) is 22.5. The molecular weight excluding hydrogens is 1920 g/mol. The van der Waals surface area contributed by atoms with Gasteiger partial charge >= 0.3 is 24.6 Å². The Kier molecular flexibility index (Phi) is 40.2. The van der Waals surface area contributed by atoms with E-state index in [9.17, 15) is 95.8 Å². The Bertz CT molecular complexity index is 6700. The number of benzene rings is 9. The van der Waals surface area contributed by atoms with E-state index in [0.29, 0.717) is 129 Å². The molecule has 0 saturated carbocycles. The Hall–Kier alpha value is -14.6. The van der Waals surface area contributed by atoms with E-state index in [1.807, 2.05) is 20.8 Å². The van der Waals surface area contributed by atoms with Gasteiger partial charge in [0.15, 0.2) is 0 Å². The Labute approximate surface area is 833 Å². The van der Waals surface area contributed by atoms with Crippen molar-refractivity contribution in [3.05, 3.63) is 300 Å². The van der Waals surface area contributed by atoms with Crippen molar-refractivity contribution >= 4 is 68.3 Å². The fourth-order valence-electron chi connectivity index (χ4n) is 15.9. The van der Waals surface area contributed by atoms with Crippen molar-refractivity contribution in [3.8, 4) is 34.3 Å². The predicted octanol–water partition coefficient (Wildman–Crippen LogP) is 13.8. The van der Waals surface area contributed by atoms with E-state index < -0.39 is 113 Å². The number of carbonyl (C=O) groups is 6. The first-order chi connectivity index (χ1) is 69.2. The molecule has 0 aliphatic carbocycles. The molecule has 0 spiro atoms. The molecular formula is C104H117F12N17O13. The van der Waals surface area contributed by atoms with Crippen LogP contribution in [-0.4, -0.2) is 227 Å². The molecule has 42 heteroatoms. The van der Waals surface area contributed by atoms with Crippen molar-refractivity contribution < 1.29 is 100 Å². The summed E-state index contributed by atoms with van der Waals surface area (Å²) < 4.78 is 187. The van der Waals surface area contributed by atoms with Gasteiger partial charge in [-0.25, -0.2) is 32.9 Å². The summed E-state index contributed by atoms with van der Waals surface area (Å²) >= 11 is 0. The number of halogens is 12. The van der Waals surface area contributed by atoms with Gasteiger partial charge in [-0.15, -0.1) is 0 Å². The molecule has 3 unspecified atom stereocenters. The molecule has 30 nitrogen and oxygen atoms in total. The summed E-state index contributed by atoms with van der Waals surface area (Å²) in [6.45, 7) is 12.3. The number of aromatic nitrogens is 6. The van der Waals surface area contributed by atoms with E-state index in [0.717, 1.165) is 18.2 Å². The number of fused-ring (bicyclic) bond motifs is 3. The van der Waals surface area contributed by atoms with E-state index in [-0.39, 0.29) is 161 Å². The predicted molar refractivity (Wildman–Crippen MR) is 528 cm³/mol. The van der Waals surface area contributed by atoms with Crippen LogP contribution >= 0.6 is 0 Å². The number of carbonyl (C=O) groups excluding carboxylic acids is 6. The third-order valence-electron chi connectivity index (χ3n) is 22.5. The van der Waals surface area contributed by atoms with Crippen LogP contribution in [0.5, 0.6) is 17.2 Å². The van der Waals surface area contributed by atoms with Crippen molar-refractivity contribution in [3.63, 3.8) is 0 Å². The molecule has 3 heterocycles. The number of nitrogens with zero attached hydrogens (tertiary/aromatic N) is 11.